The number of carbonyl (C=O) groups excluding carboxylic acids is 1. The third-order valence-electron chi connectivity index (χ3n) is 10.1. The number of benzene rings is 5. The highest BCUT2D eigenvalue weighted by molar-refractivity contribution is 5.97. The zero-order valence-electron chi connectivity index (χ0n) is 24.2. The van der Waals surface area contributed by atoms with Gasteiger partial charge in [-0.05, 0) is 63.6 Å². The molecule has 220 valence electrons. The van der Waals surface area contributed by atoms with Crippen LogP contribution in [-0.2, 0) is 28.7 Å². The molecule has 0 bridgehead atoms. The highest BCUT2D eigenvalue weighted by atomic mass is 16.7. The van der Waals surface area contributed by atoms with Crippen molar-refractivity contribution in [1.29, 1.82) is 0 Å². The second-order valence-electron chi connectivity index (χ2n) is 12.3. The van der Waals surface area contributed by atoms with Gasteiger partial charge in [0.05, 0.1) is 11.6 Å². The highest BCUT2D eigenvalue weighted by Gasteiger charge is 2.58. The monoisotopic (exact) mass is 593 g/mol. The van der Waals surface area contributed by atoms with E-state index in [1.165, 1.54) is 22.3 Å². The first-order valence-corrected chi connectivity index (χ1v) is 15.3. The Kier molecular flexibility index (Phi) is 4.96. The van der Waals surface area contributed by atoms with Crippen molar-refractivity contribution in [2.45, 2.75) is 30.0 Å². The minimum Gasteiger partial charge on any atom is -0.454 e. The number of rotatable bonds is 3. The molecule has 0 saturated carbocycles. The molecule has 5 aromatic rings. The smallest absolute Gasteiger partial charge is 0.343 e. The maximum atomic E-state index is 14.1. The highest BCUT2D eigenvalue weighted by Crippen LogP contribution is 2.56. The van der Waals surface area contributed by atoms with Gasteiger partial charge in [0.25, 0.3) is 0 Å². The van der Waals surface area contributed by atoms with E-state index in [1.54, 1.807) is 0 Å². The Labute approximate surface area is 259 Å². The fourth-order valence-electron chi connectivity index (χ4n) is 8.29. The zero-order chi connectivity index (χ0) is 29.8. The van der Waals surface area contributed by atoms with Crippen LogP contribution < -0.4 is 24.3 Å². The number of nitrogens with one attached hydrogen (secondary N) is 1. The lowest BCUT2D eigenvalue weighted by Gasteiger charge is -2.45. The third kappa shape index (κ3) is 3.25. The summed E-state index contributed by atoms with van der Waals surface area (Å²) in [5.41, 5.74) is 7.42. The van der Waals surface area contributed by atoms with Crippen LogP contribution in [0.4, 0.5) is 0 Å². The summed E-state index contributed by atoms with van der Waals surface area (Å²) in [4.78, 5) is 14.1. The molecule has 1 N–H and O–H groups in total. The molecule has 2 atom stereocenters. The Balaban J connectivity index is 1.20. The van der Waals surface area contributed by atoms with Crippen molar-refractivity contribution in [1.82, 2.24) is 5.32 Å². The largest absolute Gasteiger partial charge is 0.454 e. The molecule has 0 amide bonds. The lowest BCUT2D eigenvalue weighted by molar-refractivity contribution is -0.0462. The van der Waals surface area contributed by atoms with E-state index in [-0.39, 0.29) is 19.6 Å². The van der Waals surface area contributed by atoms with Gasteiger partial charge in [0.15, 0.2) is 28.6 Å². The molecular formula is C38H27NO6. The molecule has 0 unspecified atom stereocenters. The topological polar surface area (TPSA) is 75.3 Å². The number of ether oxygens (including phenoxy) is 5. The fraction of sp³-hybridized carbons (Fsp3) is 0.184. The average Bonchev–Trinajstić information content (AvgIpc) is 3.85. The number of esters is 1. The minimum atomic E-state index is -1.03. The Morgan fingerprint density at radius 3 is 2.09 bits per heavy atom. The number of carbonyl (C=O) groups is 1. The maximum Gasteiger partial charge on any atom is 0.343 e. The third-order valence-corrected chi connectivity index (χ3v) is 10.1. The van der Waals surface area contributed by atoms with Crippen LogP contribution >= 0.6 is 0 Å². The molecule has 10 rings (SSSR count). The molecule has 3 aliphatic heterocycles. The summed E-state index contributed by atoms with van der Waals surface area (Å²) in [7, 11) is 0. The van der Waals surface area contributed by atoms with E-state index in [0.717, 1.165) is 22.3 Å². The van der Waals surface area contributed by atoms with Crippen LogP contribution in [-0.4, -0.2) is 25.6 Å². The second-order valence-corrected chi connectivity index (χ2v) is 12.3. The van der Waals surface area contributed by atoms with E-state index in [4.69, 9.17) is 23.7 Å². The van der Waals surface area contributed by atoms with Gasteiger partial charge >= 0.3 is 5.97 Å². The maximum absolute atomic E-state index is 14.1. The van der Waals surface area contributed by atoms with Gasteiger partial charge in [-0.15, -0.1) is 0 Å². The number of hydrogen-bond donors (Lipinski definition) is 1. The van der Waals surface area contributed by atoms with Crippen LogP contribution in [0.1, 0.15) is 43.7 Å². The molecular weight excluding hydrogens is 566 g/mol. The first kappa shape index (κ1) is 25.1. The van der Waals surface area contributed by atoms with Crippen molar-refractivity contribution in [3.63, 3.8) is 0 Å². The summed E-state index contributed by atoms with van der Waals surface area (Å²) in [5, 5.41) is 4.19. The predicted molar refractivity (Wildman–Crippen MR) is 165 cm³/mol. The number of fused-ring (bicyclic) bond motifs is 9. The van der Waals surface area contributed by atoms with Crippen LogP contribution in [0.15, 0.2) is 103 Å². The molecule has 5 aromatic carbocycles. The van der Waals surface area contributed by atoms with E-state index in [9.17, 15) is 4.79 Å². The predicted octanol–water partition coefficient (Wildman–Crippen LogP) is 6.24. The molecule has 3 heterocycles. The molecule has 0 fully saturated rings. The number of hydrogen-bond acceptors (Lipinski definition) is 7. The van der Waals surface area contributed by atoms with Crippen LogP contribution in [0.3, 0.4) is 0 Å². The van der Waals surface area contributed by atoms with E-state index < -0.39 is 17.1 Å². The molecule has 7 nitrogen and oxygen atoms in total. The van der Waals surface area contributed by atoms with Crippen molar-refractivity contribution >= 4 is 5.97 Å². The second kappa shape index (κ2) is 8.89. The van der Waals surface area contributed by atoms with E-state index in [1.807, 2.05) is 24.3 Å². The fourth-order valence-corrected chi connectivity index (χ4v) is 8.29. The van der Waals surface area contributed by atoms with Crippen molar-refractivity contribution < 1.29 is 28.5 Å². The van der Waals surface area contributed by atoms with Crippen LogP contribution in [0.2, 0.25) is 0 Å². The van der Waals surface area contributed by atoms with Gasteiger partial charge in [0.2, 0.25) is 13.6 Å². The normalized spacial score (nSPS) is 22.0. The average molecular weight is 594 g/mol. The molecule has 45 heavy (non-hydrogen) atoms. The molecule has 0 saturated heterocycles. The van der Waals surface area contributed by atoms with Crippen LogP contribution in [0.25, 0.3) is 11.1 Å². The van der Waals surface area contributed by atoms with Crippen molar-refractivity contribution in [2.75, 3.05) is 13.6 Å². The molecule has 5 aliphatic rings. The summed E-state index contributed by atoms with van der Waals surface area (Å²) in [6.07, 6.45) is 1.08. The van der Waals surface area contributed by atoms with E-state index in [0.29, 0.717) is 41.4 Å². The quantitative estimate of drug-likeness (QED) is 0.248. The molecule has 7 heteroatoms. The summed E-state index contributed by atoms with van der Waals surface area (Å²) < 4.78 is 29.7. The van der Waals surface area contributed by atoms with Gasteiger partial charge in [-0.2, -0.15) is 0 Å². The van der Waals surface area contributed by atoms with Gasteiger partial charge in [0.1, 0.15) is 5.56 Å². The van der Waals surface area contributed by atoms with E-state index in [2.05, 4.69) is 84.2 Å². The van der Waals surface area contributed by atoms with Crippen molar-refractivity contribution in [2.24, 2.45) is 0 Å². The molecule has 2 aliphatic carbocycles. The zero-order valence-corrected chi connectivity index (χ0v) is 24.2. The minimum absolute atomic E-state index is 0.0825. The van der Waals surface area contributed by atoms with Gasteiger partial charge in [-0.25, -0.2) is 4.79 Å². The summed E-state index contributed by atoms with van der Waals surface area (Å²) in [6, 6.07) is 35.4. The lowest BCUT2D eigenvalue weighted by Crippen LogP contribution is -2.58. The van der Waals surface area contributed by atoms with Crippen LogP contribution in [0.5, 0.6) is 23.0 Å². The molecule has 1 spiro atoms. The molecule has 0 aromatic heterocycles. The standard InChI is InChI=1S/C38H27NO6/c40-36-34-22(14-15-30-35(34)44-21-41-30)19-37(45-36)29-18-32-31(42-20-43-32)16-23(29)17-33(37)39-38(24-8-2-1-3-9-24)27-12-6-4-10-25(27)26-11-5-7-13-28(26)38/h1-16,18,33,39H,17,19-21H2/t33-,37-/m0/s1. The Hall–Kier alpha value is -5.27. The first-order valence-electron chi connectivity index (χ1n) is 15.3. The SMILES string of the molecule is O=C1O[C@@]2(Cc3ccc4c(c31)OCO4)c1cc3c(cc1C[C@@H]2NC1(c2ccccc2)c2ccccc2-c2ccccc21)OCO3. The van der Waals surface area contributed by atoms with Crippen molar-refractivity contribution in [3.05, 3.63) is 142 Å². The molecule has 0 radical (unpaired) electrons. The summed E-state index contributed by atoms with van der Waals surface area (Å²) in [5.74, 6) is 1.98. The van der Waals surface area contributed by atoms with Crippen molar-refractivity contribution in [3.8, 4) is 34.1 Å². The van der Waals surface area contributed by atoms with Gasteiger partial charge in [-0.1, -0.05) is 84.9 Å². The van der Waals surface area contributed by atoms with Gasteiger partial charge < -0.3 is 23.7 Å². The first-order chi connectivity index (χ1) is 22.2. The van der Waals surface area contributed by atoms with Gasteiger partial charge in [0, 0.05) is 12.0 Å². The Morgan fingerprint density at radius 1 is 0.644 bits per heavy atom. The Morgan fingerprint density at radius 2 is 1.31 bits per heavy atom. The summed E-state index contributed by atoms with van der Waals surface area (Å²) in [6.45, 7) is 0.253. The van der Waals surface area contributed by atoms with Gasteiger partial charge in [-0.3, -0.25) is 5.32 Å². The van der Waals surface area contributed by atoms with Crippen LogP contribution in [0, 0.1) is 0 Å². The summed E-state index contributed by atoms with van der Waals surface area (Å²) >= 11 is 0. The lowest BCUT2D eigenvalue weighted by atomic mass is 9.76. The Bertz CT molecular complexity index is 2030. The van der Waals surface area contributed by atoms with E-state index >= 15 is 0 Å².